The Morgan fingerprint density at radius 2 is 1.80 bits per heavy atom. The lowest BCUT2D eigenvalue weighted by Gasteiger charge is -2.08. The topological polar surface area (TPSA) is 71.0 Å². The van der Waals surface area contributed by atoms with Crippen LogP contribution in [-0.2, 0) is 0 Å². The van der Waals surface area contributed by atoms with Crippen LogP contribution in [0.5, 0.6) is 17.2 Å². The maximum atomic E-state index is 9.58. The molecule has 0 saturated heterocycles. The number of hydrogen-bond acceptors (Lipinski definition) is 5. The lowest BCUT2D eigenvalue weighted by atomic mass is 10.2. The van der Waals surface area contributed by atoms with E-state index in [9.17, 15) is 5.11 Å². The number of methoxy groups -OCH3 is 1. The zero-order chi connectivity index (χ0) is 14.4. The molecule has 5 heteroatoms. The van der Waals surface area contributed by atoms with Crippen molar-refractivity contribution in [3.05, 3.63) is 60.4 Å². The number of hydrogen-bond donors (Lipinski definition) is 3. The van der Waals surface area contributed by atoms with Gasteiger partial charge in [-0.15, -0.1) is 0 Å². The molecule has 0 bridgehead atoms. The highest BCUT2D eigenvalue weighted by Gasteiger charge is 2.03. The van der Waals surface area contributed by atoms with Crippen molar-refractivity contribution in [3.8, 4) is 17.2 Å². The van der Waals surface area contributed by atoms with E-state index in [1.165, 1.54) is 12.3 Å². The summed E-state index contributed by atoms with van der Waals surface area (Å²) in [6, 6.07) is 13.6. The van der Waals surface area contributed by atoms with Crippen LogP contribution in [0.4, 0.5) is 0 Å². The lowest BCUT2D eigenvalue weighted by molar-refractivity contribution is 0.222. The maximum Gasteiger partial charge on any atom is 0.168 e. The first kappa shape index (κ1) is 13.8. The van der Waals surface area contributed by atoms with Crippen molar-refractivity contribution in [3.63, 3.8) is 0 Å². The van der Waals surface area contributed by atoms with E-state index < -0.39 is 0 Å². The van der Waals surface area contributed by atoms with E-state index in [0.29, 0.717) is 22.8 Å². The molecule has 0 aliphatic rings. The fourth-order valence-electron chi connectivity index (χ4n) is 1.61. The quantitative estimate of drug-likeness (QED) is 0.577. The summed E-state index contributed by atoms with van der Waals surface area (Å²) < 4.78 is 10.4. The Hall–Kier alpha value is -2.66. The van der Waals surface area contributed by atoms with Crippen LogP contribution in [0.15, 0.2) is 54.8 Å². The Kier molecular flexibility index (Phi) is 4.47. The van der Waals surface area contributed by atoms with E-state index in [-0.39, 0.29) is 5.75 Å². The molecule has 0 aliphatic heterocycles. The highest BCUT2D eigenvalue weighted by molar-refractivity contribution is 5.63. The lowest BCUT2D eigenvalue weighted by Crippen LogP contribution is -2.07. The molecule has 2 aromatic rings. The summed E-state index contributed by atoms with van der Waals surface area (Å²) in [7, 11) is 1.58. The molecule has 0 heterocycles. The largest absolute Gasteiger partial charge is 0.504 e. The predicted molar refractivity (Wildman–Crippen MR) is 74.6 cm³/mol. The SMILES string of the molecule is COc1ccc(/C(=C/Oc2ccccc2O)NO)cc1. The molecule has 0 aromatic heterocycles. The monoisotopic (exact) mass is 273 g/mol. The second-order valence-electron chi connectivity index (χ2n) is 3.96. The number of para-hydroxylation sites is 2. The molecule has 0 aliphatic carbocycles. The van der Waals surface area contributed by atoms with Crippen molar-refractivity contribution >= 4 is 5.70 Å². The molecule has 0 spiro atoms. The number of phenolic OH excluding ortho intramolecular Hbond substituents is 1. The summed E-state index contributed by atoms with van der Waals surface area (Å²) in [5, 5.41) is 18.7. The molecule has 0 atom stereocenters. The third kappa shape index (κ3) is 3.21. The standard InChI is InChI=1S/C15H15NO4/c1-19-12-8-6-11(7-9-12)13(16-18)10-20-15-5-3-2-4-14(15)17/h2-10,16-18H,1H3/b13-10-. The summed E-state index contributed by atoms with van der Waals surface area (Å²) in [6.45, 7) is 0. The van der Waals surface area contributed by atoms with Gasteiger partial charge >= 0.3 is 0 Å². The normalized spacial score (nSPS) is 11.0. The Bertz CT molecular complexity index is 593. The van der Waals surface area contributed by atoms with Crippen LogP contribution in [0.1, 0.15) is 5.56 Å². The van der Waals surface area contributed by atoms with E-state index in [2.05, 4.69) is 5.48 Å². The molecule has 5 nitrogen and oxygen atoms in total. The number of ether oxygens (including phenoxy) is 2. The molecule has 0 unspecified atom stereocenters. The molecule has 0 radical (unpaired) electrons. The fraction of sp³-hybridized carbons (Fsp3) is 0.0667. The van der Waals surface area contributed by atoms with E-state index >= 15 is 0 Å². The summed E-state index contributed by atoms with van der Waals surface area (Å²) in [5.41, 5.74) is 3.13. The van der Waals surface area contributed by atoms with E-state index in [1.54, 1.807) is 49.6 Å². The average Bonchev–Trinajstić information content (AvgIpc) is 2.50. The van der Waals surface area contributed by atoms with Crippen LogP contribution < -0.4 is 15.0 Å². The summed E-state index contributed by atoms with van der Waals surface area (Å²) >= 11 is 0. The first-order valence-corrected chi connectivity index (χ1v) is 5.94. The second kappa shape index (κ2) is 6.49. The predicted octanol–water partition coefficient (Wildman–Crippen LogP) is 2.76. The highest BCUT2D eigenvalue weighted by Crippen LogP contribution is 2.25. The van der Waals surface area contributed by atoms with Gasteiger partial charge < -0.3 is 14.6 Å². The molecule has 0 amide bonds. The van der Waals surface area contributed by atoms with Gasteiger partial charge in [-0.3, -0.25) is 10.7 Å². The van der Waals surface area contributed by atoms with Gasteiger partial charge in [-0.25, -0.2) is 0 Å². The number of benzene rings is 2. The van der Waals surface area contributed by atoms with Gasteiger partial charge in [0, 0.05) is 5.56 Å². The van der Waals surface area contributed by atoms with Crippen LogP contribution in [0.25, 0.3) is 5.70 Å². The fourth-order valence-corrected chi connectivity index (χ4v) is 1.61. The molecule has 2 aromatic carbocycles. The first-order chi connectivity index (χ1) is 9.74. The summed E-state index contributed by atoms with van der Waals surface area (Å²) in [6.07, 6.45) is 1.32. The van der Waals surface area contributed by atoms with Gasteiger partial charge in [-0.1, -0.05) is 12.1 Å². The zero-order valence-corrected chi connectivity index (χ0v) is 10.9. The molecule has 3 N–H and O–H groups in total. The third-order valence-corrected chi connectivity index (χ3v) is 2.69. The number of aromatic hydroxyl groups is 1. The second-order valence-corrected chi connectivity index (χ2v) is 3.96. The Labute approximate surface area is 116 Å². The number of rotatable bonds is 5. The van der Waals surface area contributed by atoms with E-state index in [4.69, 9.17) is 14.7 Å². The minimum atomic E-state index is 0.0239. The average molecular weight is 273 g/mol. The number of hydroxylamine groups is 1. The Balaban J connectivity index is 2.18. The Morgan fingerprint density at radius 1 is 1.10 bits per heavy atom. The van der Waals surface area contributed by atoms with Crippen LogP contribution in [-0.4, -0.2) is 17.4 Å². The minimum absolute atomic E-state index is 0.0239. The van der Waals surface area contributed by atoms with Gasteiger partial charge in [0.15, 0.2) is 11.5 Å². The van der Waals surface area contributed by atoms with Crippen molar-refractivity contribution in [2.45, 2.75) is 0 Å². The van der Waals surface area contributed by atoms with Crippen LogP contribution >= 0.6 is 0 Å². The molecular formula is C15H15NO4. The van der Waals surface area contributed by atoms with Crippen LogP contribution in [0, 0.1) is 0 Å². The van der Waals surface area contributed by atoms with Crippen molar-refractivity contribution in [1.29, 1.82) is 0 Å². The summed E-state index contributed by atoms with van der Waals surface area (Å²) in [4.78, 5) is 0. The number of phenols is 1. The van der Waals surface area contributed by atoms with Gasteiger partial charge in [0.1, 0.15) is 17.7 Å². The molecule has 0 saturated carbocycles. The van der Waals surface area contributed by atoms with Crippen LogP contribution in [0.2, 0.25) is 0 Å². The Morgan fingerprint density at radius 3 is 2.40 bits per heavy atom. The van der Waals surface area contributed by atoms with Gasteiger partial charge in [-0.2, -0.15) is 0 Å². The van der Waals surface area contributed by atoms with Crippen molar-refractivity contribution in [2.75, 3.05) is 7.11 Å². The van der Waals surface area contributed by atoms with Crippen molar-refractivity contribution in [1.82, 2.24) is 5.48 Å². The van der Waals surface area contributed by atoms with E-state index in [1.807, 2.05) is 0 Å². The summed E-state index contributed by atoms with van der Waals surface area (Å²) in [5.74, 6) is 1.04. The van der Waals surface area contributed by atoms with Gasteiger partial charge in [0.25, 0.3) is 0 Å². The number of nitrogens with one attached hydrogen (secondary N) is 1. The smallest absolute Gasteiger partial charge is 0.168 e. The van der Waals surface area contributed by atoms with Crippen molar-refractivity contribution < 1.29 is 19.8 Å². The van der Waals surface area contributed by atoms with Gasteiger partial charge in [-0.05, 0) is 36.4 Å². The van der Waals surface area contributed by atoms with Gasteiger partial charge in [0.05, 0.1) is 7.11 Å². The van der Waals surface area contributed by atoms with Gasteiger partial charge in [0.2, 0.25) is 0 Å². The third-order valence-electron chi connectivity index (χ3n) is 2.69. The van der Waals surface area contributed by atoms with Crippen molar-refractivity contribution in [2.24, 2.45) is 0 Å². The maximum absolute atomic E-state index is 9.58. The molecule has 20 heavy (non-hydrogen) atoms. The zero-order valence-electron chi connectivity index (χ0n) is 10.9. The first-order valence-electron chi connectivity index (χ1n) is 5.94. The molecule has 2 rings (SSSR count). The van der Waals surface area contributed by atoms with Crippen LogP contribution in [0.3, 0.4) is 0 Å². The molecule has 0 fully saturated rings. The van der Waals surface area contributed by atoms with E-state index in [0.717, 1.165) is 0 Å². The molecule has 104 valence electrons. The molecular weight excluding hydrogens is 258 g/mol. The minimum Gasteiger partial charge on any atom is -0.504 e. The highest BCUT2D eigenvalue weighted by atomic mass is 16.5.